The van der Waals surface area contributed by atoms with Crippen LogP contribution >= 0.6 is 0 Å². The number of rotatable bonds is 1. The zero-order valence-electron chi connectivity index (χ0n) is 6.34. The first-order valence-electron chi connectivity index (χ1n) is 3.69. The number of hydrogen-bond donors (Lipinski definition) is 1. The van der Waals surface area contributed by atoms with Crippen molar-refractivity contribution in [2.24, 2.45) is 11.7 Å². The molecule has 0 radical (unpaired) electrons. The van der Waals surface area contributed by atoms with E-state index in [2.05, 4.69) is 0 Å². The highest BCUT2D eigenvalue weighted by Gasteiger charge is 2.22. The summed E-state index contributed by atoms with van der Waals surface area (Å²) in [4.78, 5) is 12.7. The van der Waals surface area contributed by atoms with E-state index >= 15 is 0 Å². The molecule has 2 N–H and O–H groups in total. The molecule has 3 nitrogen and oxygen atoms in total. The first-order valence-corrected chi connectivity index (χ1v) is 3.69. The second kappa shape index (κ2) is 3.01. The molecule has 1 rings (SSSR count). The first kappa shape index (κ1) is 7.54. The predicted octanol–water partition coefficient (Wildman–Crippen LogP) is -0.187. The van der Waals surface area contributed by atoms with Crippen molar-refractivity contribution in [3.8, 4) is 0 Å². The van der Waals surface area contributed by atoms with Crippen molar-refractivity contribution in [3.05, 3.63) is 0 Å². The summed E-state index contributed by atoms with van der Waals surface area (Å²) in [5, 5.41) is 0. The largest absolute Gasteiger partial charge is 0.343 e. The summed E-state index contributed by atoms with van der Waals surface area (Å²) in [5.41, 5.74) is 5.46. The predicted molar refractivity (Wildman–Crippen MR) is 39.4 cm³/mol. The summed E-state index contributed by atoms with van der Waals surface area (Å²) < 4.78 is 0. The van der Waals surface area contributed by atoms with Crippen LogP contribution in [0.2, 0.25) is 0 Å². The fraction of sp³-hybridized carbons (Fsp3) is 0.857. The van der Waals surface area contributed by atoms with Gasteiger partial charge in [-0.15, -0.1) is 0 Å². The van der Waals surface area contributed by atoms with Gasteiger partial charge in [0, 0.05) is 20.0 Å². The first-order chi connectivity index (χ1) is 4.74. The Morgan fingerprint density at radius 3 is 2.80 bits per heavy atom. The van der Waals surface area contributed by atoms with Crippen LogP contribution in [0.5, 0.6) is 0 Å². The molecule has 3 heteroatoms. The van der Waals surface area contributed by atoms with Crippen molar-refractivity contribution in [1.29, 1.82) is 0 Å². The highest BCUT2D eigenvalue weighted by molar-refractivity contribution is 5.73. The summed E-state index contributed by atoms with van der Waals surface area (Å²) in [6.45, 7) is 4.09. The maximum atomic E-state index is 10.8. The summed E-state index contributed by atoms with van der Waals surface area (Å²) in [5.74, 6) is 0.722. The quantitative estimate of drug-likeness (QED) is 0.551. The van der Waals surface area contributed by atoms with Gasteiger partial charge in [-0.05, 0) is 18.9 Å². The van der Waals surface area contributed by atoms with Crippen molar-refractivity contribution in [2.45, 2.75) is 13.3 Å². The van der Waals surface area contributed by atoms with Gasteiger partial charge in [0.1, 0.15) is 0 Å². The molecule has 0 aliphatic carbocycles. The molecule has 0 aromatic heterocycles. The molecule has 0 saturated carbocycles. The van der Waals surface area contributed by atoms with E-state index in [0.29, 0.717) is 12.5 Å². The van der Waals surface area contributed by atoms with Gasteiger partial charge in [-0.2, -0.15) is 0 Å². The molecule has 1 saturated heterocycles. The Morgan fingerprint density at radius 1 is 1.80 bits per heavy atom. The lowest BCUT2D eigenvalue weighted by molar-refractivity contribution is -0.127. The Labute approximate surface area is 61.2 Å². The average molecular weight is 142 g/mol. The van der Waals surface area contributed by atoms with E-state index in [1.165, 1.54) is 0 Å². The molecule has 1 atom stereocenters. The third-order valence-electron chi connectivity index (χ3n) is 2.06. The van der Waals surface area contributed by atoms with Crippen LogP contribution in [0, 0.1) is 5.92 Å². The van der Waals surface area contributed by atoms with Gasteiger partial charge in [-0.1, -0.05) is 0 Å². The number of carbonyl (C=O) groups excluding carboxylic acids is 1. The molecule has 1 aliphatic rings. The van der Waals surface area contributed by atoms with E-state index in [9.17, 15) is 4.79 Å². The monoisotopic (exact) mass is 142 g/mol. The minimum absolute atomic E-state index is 0.177. The zero-order valence-corrected chi connectivity index (χ0v) is 6.34. The van der Waals surface area contributed by atoms with Gasteiger partial charge in [-0.25, -0.2) is 0 Å². The molecule has 1 heterocycles. The molecule has 0 aromatic carbocycles. The molecule has 0 bridgehead atoms. The maximum Gasteiger partial charge on any atom is 0.219 e. The van der Waals surface area contributed by atoms with Crippen molar-refractivity contribution >= 4 is 5.91 Å². The highest BCUT2D eigenvalue weighted by Crippen LogP contribution is 2.13. The van der Waals surface area contributed by atoms with Crippen molar-refractivity contribution in [1.82, 2.24) is 4.90 Å². The van der Waals surface area contributed by atoms with Gasteiger partial charge in [0.05, 0.1) is 0 Å². The van der Waals surface area contributed by atoms with Crippen molar-refractivity contribution in [2.75, 3.05) is 19.6 Å². The third kappa shape index (κ3) is 1.48. The lowest BCUT2D eigenvalue weighted by Crippen LogP contribution is -2.27. The van der Waals surface area contributed by atoms with Crippen LogP contribution in [-0.2, 0) is 4.79 Å². The smallest absolute Gasteiger partial charge is 0.219 e. The molecule has 10 heavy (non-hydrogen) atoms. The van der Waals surface area contributed by atoms with Crippen molar-refractivity contribution < 1.29 is 4.79 Å². The molecule has 0 spiro atoms. The molecular weight excluding hydrogens is 128 g/mol. The van der Waals surface area contributed by atoms with Gasteiger partial charge in [0.25, 0.3) is 0 Å². The van der Waals surface area contributed by atoms with E-state index in [4.69, 9.17) is 5.73 Å². The van der Waals surface area contributed by atoms with E-state index < -0.39 is 0 Å². The second-order valence-electron chi connectivity index (χ2n) is 2.86. The van der Waals surface area contributed by atoms with E-state index in [1.807, 2.05) is 4.90 Å². The minimum atomic E-state index is 0.177. The molecule has 0 aromatic rings. The molecule has 1 amide bonds. The Bertz CT molecular complexity index is 136. The van der Waals surface area contributed by atoms with E-state index in [-0.39, 0.29) is 5.91 Å². The van der Waals surface area contributed by atoms with Crippen LogP contribution in [-0.4, -0.2) is 30.4 Å². The second-order valence-corrected chi connectivity index (χ2v) is 2.86. The summed E-state index contributed by atoms with van der Waals surface area (Å²) in [7, 11) is 0. The topological polar surface area (TPSA) is 46.3 Å². The lowest BCUT2D eigenvalue weighted by Gasteiger charge is -2.12. The Kier molecular flexibility index (Phi) is 2.27. The summed E-state index contributed by atoms with van der Waals surface area (Å²) >= 11 is 0. The Balaban J connectivity index is 2.35. The normalized spacial score (nSPS) is 25.4. The Hall–Kier alpha value is -0.570. The van der Waals surface area contributed by atoms with E-state index in [0.717, 1.165) is 19.5 Å². The zero-order chi connectivity index (χ0) is 7.56. The number of carbonyl (C=O) groups is 1. The fourth-order valence-electron chi connectivity index (χ4n) is 1.31. The molecule has 58 valence electrons. The number of nitrogens with two attached hydrogens (primary N) is 1. The van der Waals surface area contributed by atoms with Crippen LogP contribution in [0.1, 0.15) is 13.3 Å². The molecular formula is C7H14N2O. The summed E-state index contributed by atoms with van der Waals surface area (Å²) in [6, 6.07) is 0. The van der Waals surface area contributed by atoms with Crippen LogP contribution in [0.4, 0.5) is 0 Å². The summed E-state index contributed by atoms with van der Waals surface area (Å²) in [6.07, 6.45) is 1.08. The third-order valence-corrected chi connectivity index (χ3v) is 2.06. The standard InChI is InChI=1S/C7H14N2O/c1-6(10)9-3-2-7(4-8)5-9/h7H,2-5,8H2,1H3. The number of likely N-dealkylation sites (tertiary alicyclic amines) is 1. The molecule has 1 unspecified atom stereocenters. The lowest BCUT2D eigenvalue weighted by atomic mass is 10.1. The number of nitrogens with zero attached hydrogens (tertiary/aromatic N) is 1. The van der Waals surface area contributed by atoms with E-state index in [1.54, 1.807) is 6.92 Å². The van der Waals surface area contributed by atoms with Gasteiger partial charge >= 0.3 is 0 Å². The van der Waals surface area contributed by atoms with Gasteiger partial charge in [0.2, 0.25) is 5.91 Å². The van der Waals surface area contributed by atoms with Gasteiger partial charge in [-0.3, -0.25) is 4.79 Å². The van der Waals surface area contributed by atoms with Gasteiger partial charge in [0.15, 0.2) is 0 Å². The number of amides is 1. The van der Waals surface area contributed by atoms with Crippen LogP contribution in [0.3, 0.4) is 0 Å². The molecule has 1 fully saturated rings. The fourth-order valence-corrected chi connectivity index (χ4v) is 1.31. The SMILES string of the molecule is CC(=O)N1CCC(CN)C1. The highest BCUT2D eigenvalue weighted by atomic mass is 16.2. The molecule has 1 aliphatic heterocycles. The van der Waals surface area contributed by atoms with Crippen LogP contribution < -0.4 is 5.73 Å². The van der Waals surface area contributed by atoms with Crippen LogP contribution in [0.15, 0.2) is 0 Å². The maximum absolute atomic E-state index is 10.8. The van der Waals surface area contributed by atoms with Crippen molar-refractivity contribution in [3.63, 3.8) is 0 Å². The van der Waals surface area contributed by atoms with Crippen LogP contribution in [0.25, 0.3) is 0 Å². The minimum Gasteiger partial charge on any atom is -0.343 e. The average Bonchev–Trinajstić information content (AvgIpc) is 2.34. The van der Waals surface area contributed by atoms with Gasteiger partial charge < -0.3 is 10.6 Å². The Morgan fingerprint density at radius 2 is 2.50 bits per heavy atom. The number of hydrogen-bond acceptors (Lipinski definition) is 2.